The number of carbonyl (C=O) groups is 1. The van der Waals surface area contributed by atoms with Crippen LogP contribution in [0.15, 0.2) is 52.0 Å². The zero-order valence-corrected chi connectivity index (χ0v) is 17.1. The lowest BCUT2D eigenvalue weighted by atomic mass is 10.2. The first-order chi connectivity index (χ1) is 13.8. The molecule has 0 amide bonds. The van der Waals surface area contributed by atoms with Crippen molar-refractivity contribution in [1.82, 2.24) is 0 Å². The third-order valence-electron chi connectivity index (χ3n) is 3.88. The maximum Gasteiger partial charge on any atom is 0.339 e. The van der Waals surface area contributed by atoms with E-state index in [1.54, 1.807) is 18.2 Å². The molecule has 9 heteroatoms. The van der Waals surface area contributed by atoms with E-state index in [1.807, 2.05) is 13.8 Å². The summed E-state index contributed by atoms with van der Waals surface area (Å²) in [6, 6.07) is 4.15. The number of rotatable bonds is 9. The van der Waals surface area contributed by atoms with Gasteiger partial charge in [0.15, 0.2) is 0 Å². The minimum atomic E-state index is -3.22. The third-order valence-corrected chi connectivity index (χ3v) is 5.67. The predicted molar refractivity (Wildman–Crippen MR) is 106 cm³/mol. The third kappa shape index (κ3) is 5.61. The van der Waals surface area contributed by atoms with Crippen LogP contribution < -0.4 is 4.74 Å². The lowest BCUT2D eigenvalue weighted by Crippen LogP contribution is -2.04. The molecule has 0 radical (unpaired) electrons. The molecule has 2 N–H and O–H groups in total. The highest BCUT2D eigenvalue weighted by Crippen LogP contribution is 2.37. The van der Waals surface area contributed by atoms with Gasteiger partial charge in [-0.2, -0.15) is 0 Å². The van der Waals surface area contributed by atoms with Gasteiger partial charge in [-0.05, 0) is 37.6 Å². The number of aromatic hydroxyl groups is 1. The van der Waals surface area contributed by atoms with Crippen molar-refractivity contribution in [3.05, 3.63) is 57.6 Å². The summed E-state index contributed by atoms with van der Waals surface area (Å²) in [5.41, 5.74) is -0.117. The second-order valence-electron chi connectivity index (χ2n) is 5.99. The fourth-order valence-corrected chi connectivity index (χ4v) is 3.87. The molecule has 2 aliphatic rings. The summed E-state index contributed by atoms with van der Waals surface area (Å²) in [5.74, 6) is -0.503. The molecule has 0 fully saturated rings. The van der Waals surface area contributed by atoms with Gasteiger partial charge in [0, 0.05) is 18.7 Å². The Hall–Kier alpha value is -2.78. The van der Waals surface area contributed by atoms with Crippen LogP contribution >= 0.6 is 0 Å². The van der Waals surface area contributed by atoms with Crippen molar-refractivity contribution in [1.29, 1.82) is 0 Å². The Morgan fingerprint density at radius 3 is 2.34 bits per heavy atom. The van der Waals surface area contributed by atoms with Gasteiger partial charge in [-0.1, -0.05) is 6.92 Å². The van der Waals surface area contributed by atoms with E-state index in [1.165, 1.54) is 18.2 Å². The Balaban J connectivity index is 0.000000208. The molecule has 0 saturated carbocycles. The minimum Gasteiger partial charge on any atom is -0.507 e. The number of benzene rings is 1. The molecule has 0 spiro atoms. The number of hydrogen-bond donors (Lipinski definition) is 2. The standard InChI is InChI=1S/C10H12O4S.C10H12O4/c1-2-13-5-6-14-9-7-8-3-4-10(9)15(8,11)12;1-2-5-14-7-3-4-8(10(12)13)9(11)6-7/h3-4,7H,2,5-6H2,1H3;3-4,6,11H,2,5H2,1H3,(H,12,13). The van der Waals surface area contributed by atoms with E-state index in [9.17, 15) is 18.3 Å². The van der Waals surface area contributed by atoms with Crippen molar-refractivity contribution >= 4 is 15.8 Å². The summed E-state index contributed by atoms with van der Waals surface area (Å²) in [5, 5.41) is 17.9. The summed E-state index contributed by atoms with van der Waals surface area (Å²) in [4.78, 5) is 11.1. The lowest BCUT2D eigenvalue weighted by molar-refractivity contribution is 0.0693. The molecule has 0 aliphatic carbocycles. The van der Waals surface area contributed by atoms with E-state index in [-0.39, 0.29) is 16.2 Å². The van der Waals surface area contributed by atoms with Crippen LogP contribution in [0.4, 0.5) is 0 Å². The number of ether oxygens (including phenoxy) is 3. The molecule has 1 aromatic carbocycles. The van der Waals surface area contributed by atoms with Gasteiger partial charge in [0.05, 0.1) is 18.1 Å². The van der Waals surface area contributed by atoms with E-state index in [4.69, 9.17) is 19.3 Å². The minimum absolute atomic E-state index is 0.117. The maximum atomic E-state index is 11.6. The van der Waals surface area contributed by atoms with Crippen molar-refractivity contribution in [3.63, 3.8) is 0 Å². The Morgan fingerprint density at radius 2 is 1.83 bits per heavy atom. The van der Waals surface area contributed by atoms with Crippen LogP contribution in [-0.4, -0.2) is 51.0 Å². The highest BCUT2D eigenvalue weighted by molar-refractivity contribution is 8.00. The first-order valence-corrected chi connectivity index (χ1v) is 10.6. The van der Waals surface area contributed by atoms with E-state index in [2.05, 4.69) is 0 Å². The van der Waals surface area contributed by atoms with Crippen molar-refractivity contribution in [2.45, 2.75) is 20.3 Å². The Morgan fingerprint density at radius 1 is 1.07 bits per heavy atom. The number of hydrogen-bond acceptors (Lipinski definition) is 7. The Kier molecular flexibility index (Phi) is 7.86. The average molecular weight is 424 g/mol. The van der Waals surface area contributed by atoms with E-state index < -0.39 is 15.8 Å². The summed E-state index contributed by atoms with van der Waals surface area (Å²) < 4.78 is 38.7. The molecule has 29 heavy (non-hydrogen) atoms. The monoisotopic (exact) mass is 424 g/mol. The first-order valence-electron chi connectivity index (χ1n) is 9.10. The number of sulfone groups is 1. The van der Waals surface area contributed by atoms with Crippen LogP contribution in [0.1, 0.15) is 30.6 Å². The molecule has 2 aliphatic heterocycles. The number of aromatic carboxylic acids is 1. The largest absolute Gasteiger partial charge is 0.507 e. The van der Waals surface area contributed by atoms with Gasteiger partial charge in [-0.25, -0.2) is 13.2 Å². The summed E-state index contributed by atoms with van der Waals surface area (Å²) in [6.45, 7) is 5.89. The Bertz CT molecular complexity index is 941. The topological polar surface area (TPSA) is 119 Å². The van der Waals surface area contributed by atoms with Gasteiger partial charge in [0.2, 0.25) is 9.84 Å². The van der Waals surface area contributed by atoms with Gasteiger partial charge in [-0.15, -0.1) is 0 Å². The van der Waals surface area contributed by atoms with Crippen LogP contribution in [0.3, 0.4) is 0 Å². The van der Waals surface area contributed by atoms with Crippen LogP contribution in [0, 0.1) is 0 Å². The molecule has 158 valence electrons. The van der Waals surface area contributed by atoms with Gasteiger partial charge < -0.3 is 24.4 Å². The molecule has 1 aromatic rings. The normalized spacial score (nSPS) is 15.6. The zero-order chi connectivity index (χ0) is 21.4. The summed E-state index contributed by atoms with van der Waals surface area (Å²) in [6.07, 6.45) is 5.57. The van der Waals surface area contributed by atoms with Crippen molar-refractivity contribution in [2.24, 2.45) is 0 Å². The first kappa shape index (κ1) is 22.5. The van der Waals surface area contributed by atoms with E-state index >= 15 is 0 Å². The average Bonchev–Trinajstić information content (AvgIpc) is 3.10. The van der Waals surface area contributed by atoms with Crippen LogP contribution in [-0.2, 0) is 19.3 Å². The van der Waals surface area contributed by atoms with Gasteiger partial charge in [0.1, 0.15) is 34.3 Å². The van der Waals surface area contributed by atoms with Crippen LogP contribution in [0.5, 0.6) is 11.5 Å². The molecule has 2 heterocycles. The smallest absolute Gasteiger partial charge is 0.339 e. The van der Waals surface area contributed by atoms with E-state index in [0.29, 0.717) is 42.8 Å². The summed E-state index contributed by atoms with van der Waals surface area (Å²) >= 11 is 0. The zero-order valence-electron chi connectivity index (χ0n) is 16.3. The van der Waals surface area contributed by atoms with Crippen molar-refractivity contribution in [3.8, 4) is 11.5 Å². The molecular weight excluding hydrogens is 400 g/mol. The highest BCUT2D eigenvalue weighted by Gasteiger charge is 2.34. The van der Waals surface area contributed by atoms with Gasteiger partial charge >= 0.3 is 5.97 Å². The maximum absolute atomic E-state index is 11.6. The van der Waals surface area contributed by atoms with Gasteiger partial charge in [-0.3, -0.25) is 0 Å². The van der Waals surface area contributed by atoms with Crippen molar-refractivity contribution in [2.75, 3.05) is 26.4 Å². The molecular formula is C20H24O8S. The SMILES string of the molecule is CCCOc1ccc(C(=O)O)c(O)c1.CCOCCOC1=C2C=CC(=C1)S2(=O)=O. The van der Waals surface area contributed by atoms with Crippen molar-refractivity contribution < 1.29 is 37.6 Å². The number of carboxylic acids is 1. The molecule has 8 nitrogen and oxygen atoms in total. The molecule has 0 aromatic heterocycles. The molecule has 3 rings (SSSR count). The number of carboxylic acid groups (broad SMARTS) is 1. The number of fused-ring (bicyclic) bond motifs is 2. The predicted octanol–water partition coefficient (Wildman–Crippen LogP) is 3.01. The summed E-state index contributed by atoms with van der Waals surface area (Å²) in [7, 11) is -3.22. The second-order valence-corrected chi connectivity index (χ2v) is 7.91. The molecule has 2 bridgehead atoms. The quantitative estimate of drug-likeness (QED) is 0.581. The second kappa shape index (κ2) is 10.1. The lowest BCUT2D eigenvalue weighted by Gasteiger charge is -2.06. The van der Waals surface area contributed by atoms with Gasteiger partial charge in [0.25, 0.3) is 0 Å². The molecule has 0 unspecified atom stereocenters. The fourth-order valence-electron chi connectivity index (χ4n) is 2.47. The molecule has 0 atom stereocenters. The Labute approximate surface area is 169 Å². The van der Waals surface area contributed by atoms with E-state index in [0.717, 1.165) is 6.42 Å². The highest BCUT2D eigenvalue weighted by atomic mass is 32.2. The van der Waals surface area contributed by atoms with Crippen LogP contribution in [0.2, 0.25) is 0 Å². The van der Waals surface area contributed by atoms with Crippen LogP contribution in [0.25, 0.3) is 0 Å². The fraction of sp³-hybridized carbons (Fsp3) is 0.350. The number of allylic oxidation sites excluding steroid dienone is 3. The number of phenols is 1. The molecule has 0 saturated heterocycles.